The van der Waals surface area contributed by atoms with Crippen molar-refractivity contribution < 1.29 is 22.7 Å². The van der Waals surface area contributed by atoms with Crippen molar-refractivity contribution in [2.75, 3.05) is 5.32 Å². The van der Waals surface area contributed by atoms with E-state index >= 15 is 0 Å². The first-order chi connectivity index (χ1) is 12.1. The molecule has 0 aliphatic heterocycles. The lowest BCUT2D eigenvalue weighted by molar-refractivity contribution is -0.123. The third kappa shape index (κ3) is 4.90. The zero-order valence-electron chi connectivity index (χ0n) is 14.6. The lowest BCUT2D eigenvalue weighted by Gasteiger charge is -2.13. The van der Waals surface area contributed by atoms with E-state index in [1.807, 2.05) is 13.8 Å². The number of benzene rings is 1. The lowest BCUT2D eigenvalue weighted by atomic mass is 10.2. The summed E-state index contributed by atoms with van der Waals surface area (Å²) in [7, 11) is -3.88. The van der Waals surface area contributed by atoms with Crippen LogP contribution in [0.25, 0.3) is 0 Å². The molecule has 0 radical (unpaired) electrons. The molecule has 0 saturated heterocycles. The van der Waals surface area contributed by atoms with Crippen molar-refractivity contribution in [3.05, 3.63) is 45.6 Å². The Morgan fingerprint density at radius 3 is 2.58 bits per heavy atom. The normalized spacial score (nSPS) is 12.5. The molecule has 1 heterocycles. The average Bonchev–Trinajstić information content (AvgIpc) is 2.95. The van der Waals surface area contributed by atoms with Gasteiger partial charge >= 0.3 is 5.97 Å². The van der Waals surface area contributed by atoms with E-state index in [2.05, 4.69) is 5.32 Å². The van der Waals surface area contributed by atoms with Gasteiger partial charge in [-0.15, -0.1) is 11.3 Å². The zero-order valence-corrected chi connectivity index (χ0v) is 16.2. The maximum absolute atomic E-state index is 12.2. The molecule has 0 bridgehead atoms. The smallest absolute Gasteiger partial charge is 0.349 e. The first-order valence-electron chi connectivity index (χ1n) is 7.85. The number of nitrogens with two attached hydrogens (primary N) is 1. The quantitative estimate of drug-likeness (QED) is 0.728. The van der Waals surface area contributed by atoms with Crippen LogP contribution in [0.3, 0.4) is 0 Å². The molecule has 9 heteroatoms. The van der Waals surface area contributed by atoms with Gasteiger partial charge in [0, 0.05) is 10.6 Å². The summed E-state index contributed by atoms with van der Waals surface area (Å²) in [5, 5.41) is 7.57. The van der Waals surface area contributed by atoms with E-state index in [1.165, 1.54) is 42.5 Å². The maximum atomic E-state index is 12.2. The fourth-order valence-corrected chi connectivity index (χ4v) is 3.79. The fourth-order valence-electron chi connectivity index (χ4n) is 2.24. The van der Waals surface area contributed by atoms with E-state index in [-0.39, 0.29) is 10.6 Å². The Balaban J connectivity index is 2.04. The van der Waals surface area contributed by atoms with Crippen molar-refractivity contribution in [1.29, 1.82) is 0 Å². The summed E-state index contributed by atoms with van der Waals surface area (Å²) in [5.74, 6) is -1.15. The highest BCUT2D eigenvalue weighted by Gasteiger charge is 2.21. The van der Waals surface area contributed by atoms with E-state index < -0.39 is 28.0 Å². The number of esters is 1. The third-order valence-corrected chi connectivity index (χ3v) is 5.67. The van der Waals surface area contributed by atoms with Gasteiger partial charge in [-0.25, -0.2) is 18.4 Å². The second-order valence-electron chi connectivity index (χ2n) is 5.66. The molecule has 3 N–H and O–H groups in total. The van der Waals surface area contributed by atoms with Crippen LogP contribution >= 0.6 is 11.3 Å². The minimum Gasteiger partial charge on any atom is -0.448 e. The molecule has 0 unspecified atom stereocenters. The SMILES string of the molecule is CCc1cc(C(=O)O[C@@H](C)C(=O)Nc2cccc(S(N)(=O)=O)c2)sc1C. The first-order valence-corrected chi connectivity index (χ1v) is 10.2. The standard InChI is InChI=1S/C17H20N2O5S2/c1-4-12-8-15(25-11(12)3)17(21)24-10(2)16(20)19-13-6-5-7-14(9-13)26(18,22)23/h5-10H,4H2,1-3H3,(H,19,20)(H2,18,22,23)/t10-/m0/s1. The topological polar surface area (TPSA) is 116 Å². The monoisotopic (exact) mass is 396 g/mol. The Labute approximate surface area is 156 Å². The minimum atomic E-state index is -3.88. The largest absolute Gasteiger partial charge is 0.448 e. The number of carbonyl (C=O) groups is 2. The van der Waals surface area contributed by atoms with Gasteiger partial charge in [0.05, 0.1) is 4.90 Å². The van der Waals surface area contributed by atoms with Crippen LogP contribution in [0.5, 0.6) is 0 Å². The molecule has 0 aliphatic carbocycles. The molecule has 0 fully saturated rings. The summed E-state index contributed by atoms with van der Waals surface area (Å²) in [6.07, 6.45) is -0.236. The number of rotatable bonds is 6. The van der Waals surface area contributed by atoms with Crippen LogP contribution in [0.15, 0.2) is 35.2 Å². The van der Waals surface area contributed by atoms with E-state index in [9.17, 15) is 18.0 Å². The predicted octanol–water partition coefficient (Wildman–Crippen LogP) is 2.45. The third-order valence-electron chi connectivity index (χ3n) is 3.69. The van der Waals surface area contributed by atoms with Crippen molar-refractivity contribution >= 4 is 38.9 Å². The van der Waals surface area contributed by atoms with Crippen LogP contribution < -0.4 is 10.5 Å². The number of hydrogen-bond donors (Lipinski definition) is 2. The number of carbonyl (C=O) groups excluding carboxylic acids is 2. The van der Waals surface area contributed by atoms with Crippen LogP contribution in [-0.4, -0.2) is 26.4 Å². The summed E-state index contributed by atoms with van der Waals surface area (Å²) < 4.78 is 27.9. The average molecular weight is 396 g/mol. The highest BCUT2D eigenvalue weighted by Crippen LogP contribution is 2.23. The highest BCUT2D eigenvalue weighted by atomic mass is 32.2. The fraction of sp³-hybridized carbons (Fsp3) is 0.294. The van der Waals surface area contributed by atoms with Crippen molar-refractivity contribution in [3.8, 4) is 0 Å². The second kappa shape index (κ2) is 7.98. The van der Waals surface area contributed by atoms with Crippen molar-refractivity contribution in [2.24, 2.45) is 5.14 Å². The lowest BCUT2D eigenvalue weighted by Crippen LogP contribution is -2.29. The molecule has 140 valence electrons. The van der Waals surface area contributed by atoms with E-state index in [0.29, 0.717) is 4.88 Å². The van der Waals surface area contributed by atoms with Gasteiger partial charge < -0.3 is 10.1 Å². The molecule has 1 amide bonds. The Hall–Kier alpha value is -2.23. The zero-order chi connectivity index (χ0) is 19.5. The van der Waals surface area contributed by atoms with Gasteiger partial charge in [0.1, 0.15) is 4.88 Å². The number of aryl methyl sites for hydroxylation is 2. The number of ether oxygens (including phenoxy) is 1. The number of sulfonamides is 1. The molecule has 1 aromatic heterocycles. The van der Waals surface area contributed by atoms with Crippen LogP contribution in [0.4, 0.5) is 5.69 Å². The summed E-state index contributed by atoms with van der Waals surface area (Å²) in [4.78, 5) is 25.7. The highest BCUT2D eigenvalue weighted by molar-refractivity contribution is 7.89. The Morgan fingerprint density at radius 2 is 2.00 bits per heavy atom. The molecule has 0 aliphatic rings. The first kappa shape index (κ1) is 20.1. The molecule has 7 nitrogen and oxygen atoms in total. The molecule has 2 rings (SSSR count). The molecule has 1 aromatic carbocycles. The van der Waals surface area contributed by atoms with E-state index in [1.54, 1.807) is 6.07 Å². The summed E-state index contributed by atoms with van der Waals surface area (Å²) >= 11 is 1.32. The number of primary sulfonamides is 1. The molecular formula is C17H20N2O5S2. The summed E-state index contributed by atoms with van der Waals surface area (Å²) in [6.45, 7) is 5.36. The maximum Gasteiger partial charge on any atom is 0.349 e. The van der Waals surface area contributed by atoms with E-state index in [4.69, 9.17) is 9.88 Å². The number of nitrogens with one attached hydrogen (secondary N) is 1. The predicted molar refractivity (Wildman–Crippen MR) is 99.8 cm³/mol. The Morgan fingerprint density at radius 1 is 1.31 bits per heavy atom. The Bertz CT molecular complexity index is 934. The van der Waals surface area contributed by atoms with Gasteiger partial charge in [-0.2, -0.15) is 0 Å². The molecular weight excluding hydrogens is 376 g/mol. The van der Waals surface area contributed by atoms with Crippen LogP contribution in [0.1, 0.15) is 34.0 Å². The van der Waals surface area contributed by atoms with Crippen LogP contribution in [-0.2, 0) is 26.0 Å². The van der Waals surface area contributed by atoms with Gasteiger partial charge in [0.2, 0.25) is 10.0 Å². The van der Waals surface area contributed by atoms with Gasteiger partial charge in [0.15, 0.2) is 6.10 Å². The van der Waals surface area contributed by atoms with E-state index in [0.717, 1.165) is 16.9 Å². The van der Waals surface area contributed by atoms with Gasteiger partial charge in [-0.05, 0) is 50.1 Å². The number of hydrogen-bond acceptors (Lipinski definition) is 6. The van der Waals surface area contributed by atoms with Crippen molar-refractivity contribution in [1.82, 2.24) is 0 Å². The Kier molecular flexibility index (Phi) is 6.17. The number of thiophene rings is 1. The van der Waals surface area contributed by atoms with Crippen LogP contribution in [0.2, 0.25) is 0 Å². The molecule has 26 heavy (non-hydrogen) atoms. The number of amides is 1. The number of anilines is 1. The molecule has 1 atom stereocenters. The second-order valence-corrected chi connectivity index (χ2v) is 8.47. The van der Waals surface area contributed by atoms with Gasteiger partial charge in [-0.3, -0.25) is 4.79 Å². The van der Waals surface area contributed by atoms with Gasteiger partial charge in [0.25, 0.3) is 5.91 Å². The summed E-state index contributed by atoms with van der Waals surface area (Å²) in [5.41, 5.74) is 1.31. The molecule has 2 aromatic rings. The minimum absolute atomic E-state index is 0.124. The van der Waals surface area contributed by atoms with Gasteiger partial charge in [-0.1, -0.05) is 13.0 Å². The van der Waals surface area contributed by atoms with Crippen molar-refractivity contribution in [2.45, 2.75) is 38.2 Å². The molecule has 0 saturated carbocycles. The van der Waals surface area contributed by atoms with Crippen LogP contribution in [0, 0.1) is 6.92 Å². The van der Waals surface area contributed by atoms with Crippen molar-refractivity contribution in [3.63, 3.8) is 0 Å². The molecule has 0 spiro atoms. The summed E-state index contributed by atoms with van der Waals surface area (Å²) in [6, 6.07) is 7.28.